The molecule has 0 amide bonds. The Bertz CT molecular complexity index is 287. The zero-order valence-electron chi connectivity index (χ0n) is 9.40. The highest BCUT2D eigenvalue weighted by molar-refractivity contribution is 7.89. The quantitative estimate of drug-likeness (QED) is 0.689. The molecule has 2 atom stereocenters. The standard InChI is InChI=1S/C9H20N2O2S/c1-5-14(12,13)11-7-6-9(8(11)2)10(3)4/h8-9H,5-7H2,1-4H3. The van der Waals surface area contributed by atoms with Crippen molar-refractivity contribution < 1.29 is 8.42 Å². The SMILES string of the molecule is CCS(=O)(=O)N1CCC(N(C)C)C1C. The van der Waals surface area contributed by atoms with Crippen molar-refractivity contribution in [2.75, 3.05) is 26.4 Å². The first-order chi connectivity index (χ1) is 6.40. The van der Waals surface area contributed by atoms with Gasteiger partial charge in [-0.05, 0) is 34.4 Å². The zero-order chi connectivity index (χ0) is 10.9. The van der Waals surface area contributed by atoms with Gasteiger partial charge in [0.05, 0.1) is 5.75 Å². The van der Waals surface area contributed by atoms with Gasteiger partial charge in [0, 0.05) is 18.6 Å². The summed E-state index contributed by atoms with van der Waals surface area (Å²) in [5, 5.41) is 0. The summed E-state index contributed by atoms with van der Waals surface area (Å²) < 4.78 is 25.0. The molecule has 84 valence electrons. The fourth-order valence-corrected chi connectivity index (χ4v) is 3.51. The van der Waals surface area contributed by atoms with Crippen LogP contribution in [0.1, 0.15) is 20.3 Å². The third-order valence-corrected chi connectivity index (χ3v) is 5.00. The van der Waals surface area contributed by atoms with E-state index in [-0.39, 0.29) is 11.8 Å². The Morgan fingerprint density at radius 1 is 1.43 bits per heavy atom. The number of hydrogen-bond acceptors (Lipinski definition) is 3. The highest BCUT2D eigenvalue weighted by Gasteiger charge is 2.37. The van der Waals surface area contributed by atoms with Gasteiger partial charge in [-0.15, -0.1) is 0 Å². The minimum atomic E-state index is -3.01. The lowest BCUT2D eigenvalue weighted by Crippen LogP contribution is -2.42. The Hall–Kier alpha value is -0.130. The summed E-state index contributed by atoms with van der Waals surface area (Å²) in [4.78, 5) is 2.11. The third-order valence-electron chi connectivity index (χ3n) is 3.04. The van der Waals surface area contributed by atoms with Crippen LogP contribution in [0.25, 0.3) is 0 Å². The van der Waals surface area contributed by atoms with Crippen LogP contribution in [0, 0.1) is 0 Å². The second-order valence-electron chi connectivity index (χ2n) is 4.07. The average molecular weight is 220 g/mol. The molecule has 0 aromatic heterocycles. The lowest BCUT2D eigenvalue weighted by Gasteiger charge is -2.27. The van der Waals surface area contributed by atoms with Gasteiger partial charge >= 0.3 is 0 Å². The van der Waals surface area contributed by atoms with Crippen molar-refractivity contribution in [1.29, 1.82) is 0 Å². The molecule has 14 heavy (non-hydrogen) atoms. The van der Waals surface area contributed by atoms with E-state index < -0.39 is 10.0 Å². The van der Waals surface area contributed by atoms with Gasteiger partial charge in [-0.2, -0.15) is 4.31 Å². The van der Waals surface area contributed by atoms with Gasteiger partial charge < -0.3 is 4.90 Å². The van der Waals surface area contributed by atoms with Crippen LogP contribution in [0.4, 0.5) is 0 Å². The summed E-state index contributed by atoms with van der Waals surface area (Å²) in [5.41, 5.74) is 0. The Labute approximate surface area is 86.9 Å². The van der Waals surface area contributed by atoms with E-state index in [4.69, 9.17) is 0 Å². The third kappa shape index (κ3) is 2.10. The molecule has 0 saturated carbocycles. The van der Waals surface area contributed by atoms with Crippen LogP contribution in [0.3, 0.4) is 0 Å². The topological polar surface area (TPSA) is 40.6 Å². The molecule has 0 N–H and O–H groups in total. The van der Waals surface area contributed by atoms with Crippen molar-refractivity contribution in [2.45, 2.75) is 32.4 Å². The predicted molar refractivity (Wildman–Crippen MR) is 57.7 cm³/mol. The monoisotopic (exact) mass is 220 g/mol. The average Bonchev–Trinajstić information content (AvgIpc) is 2.47. The first-order valence-corrected chi connectivity index (χ1v) is 6.67. The molecule has 1 saturated heterocycles. The van der Waals surface area contributed by atoms with Crippen molar-refractivity contribution >= 4 is 10.0 Å². The second kappa shape index (κ2) is 4.16. The molecule has 0 spiro atoms. The fraction of sp³-hybridized carbons (Fsp3) is 1.00. The molecule has 0 aromatic carbocycles. The van der Waals surface area contributed by atoms with Gasteiger partial charge in [-0.1, -0.05) is 0 Å². The van der Waals surface area contributed by atoms with E-state index in [2.05, 4.69) is 4.90 Å². The number of likely N-dealkylation sites (N-methyl/N-ethyl adjacent to an activating group) is 1. The molecule has 1 aliphatic rings. The summed E-state index contributed by atoms with van der Waals surface area (Å²) >= 11 is 0. The molecule has 1 heterocycles. The normalized spacial score (nSPS) is 30.1. The molecule has 1 rings (SSSR count). The van der Waals surface area contributed by atoms with Crippen LogP contribution >= 0.6 is 0 Å². The maximum absolute atomic E-state index is 11.7. The van der Waals surface area contributed by atoms with Crippen molar-refractivity contribution in [1.82, 2.24) is 9.21 Å². The second-order valence-corrected chi connectivity index (χ2v) is 6.28. The van der Waals surface area contributed by atoms with E-state index in [1.165, 1.54) is 0 Å². The van der Waals surface area contributed by atoms with Crippen LogP contribution in [0.5, 0.6) is 0 Å². The summed E-state index contributed by atoms with van der Waals surface area (Å²) in [7, 11) is 1.000. The predicted octanol–water partition coefficient (Wildman–Crippen LogP) is 0.361. The van der Waals surface area contributed by atoms with E-state index in [9.17, 15) is 8.42 Å². The van der Waals surface area contributed by atoms with Crippen molar-refractivity contribution in [3.8, 4) is 0 Å². The van der Waals surface area contributed by atoms with E-state index in [1.54, 1.807) is 11.2 Å². The first-order valence-electron chi connectivity index (χ1n) is 5.06. The smallest absolute Gasteiger partial charge is 0.214 e. The minimum Gasteiger partial charge on any atom is -0.305 e. The van der Waals surface area contributed by atoms with Gasteiger partial charge in [-0.3, -0.25) is 0 Å². The fourth-order valence-electron chi connectivity index (χ4n) is 2.14. The van der Waals surface area contributed by atoms with Gasteiger partial charge in [0.15, 0.2) is 0 Å². The highest BCUT2D eigenvalue weighted by atomic mass is 32.2. The van der Waals surface area contributed by atoms with Crippen molar-refractivity contribution in [3.05, 3.63) is 0 Å². The molecular weight excluding hydrogens is 200 g/mol. The molecule has 4 nitrogen and oxygen atoms in total. The molecule has 0 bridgehead atoms. The van der Waals surface area contributed by atoms with Crippen LogP contribution in [-0.2, 0) is 10.0 Å². The minimum absolute atomic E-state index is 0.106. The van der Waals surface area contributed by atoms with E-state index in [0.717, 1.165) is 6.42 Å². The number of sulfonamides is 1. The molecule has 1 aliphatic heterocycles. The lowest BCUT2D eigenvalue weighted by molar-refractivity contribution is 0.250. The Morgan fingerprint density at radius 2 is 2.00 bits per heavy atom. The molecule has 0 radical (unpaired) electrons. The molecule has 2 unspecified atom stereocenters. The number of rotatable bonds is 3. The van der Waals surface area contributed by atoms with E-state index in [1.807, 2.05) is 21.0 Å². The van der Waals surface area contributed by atoms with Crippen molar-refractivity contribution in [3.63, 3.8) is 0 Å². The zero-order valence-corrected chi connectivity index (χ0v) is 10.2. The Morgan fingerprint density at radius 3 is 2.36 bits per heavy atom. The Kier molecular flexibility index (Phi) is 3.55. The summed E-state index contributed by atoms with van der Waals surface area (Å²) in [6.45, 7) is 4.36. The summed E-state index contributed by atoms with van der Waals surface area (Å²) in [6.07, 6.45) is 0.938. The molecule has 0 aliphatic carbocycles. The van der Waals surface area contributed by atoms with Crippen molar-refractivity contribution in [2.24, 2.45) is 0 Å². The maximum Gasteiger partial charge on any atom is 0.214 e. The molecular formula is C9H20N2O2S. The van der Waals surface area contributed by atoms with Gasteiger partial charge in [-0.25, -0.2) is 8.42 Å². The number of hydrogen-bond donors (Lipinski definition) is 0. The van der Waals surface area contributed by atoms with Crippen LogP contribution in [-0.4, -0.2) is 56.1 Å². The summed E-state index contributed by atoms with van der Waals surface area (Å²) in [6, 6.07) is 0.464. The van der Waals surface area contributed by atoms with E-state index in [0.29, 0.717) is 12.6 Å². The molecule has 0 aromatic rings. The van der Waals surface area contributed by atoms with Crippen LogP contribution in [0.2, 0.25) is 0 Å². The number of nitrogens with zero attached hydrogens (tertiary/aromatic N) is 2. The lowest BCUT2D eigenvalue weighted by atomic mass is 10.1. The molecule has 5 heteroatoms. The van der Waals surface area contributed by atoms with Gasteiger partial charge in [0.2, 0.25) is 10.0 Å². The maximum atomic E-state index is 11.7. The largest absolute Gasteiger partial charge is 0.305 e. The van der Waals surface area contributed by atoms with Crippen LogP contribution < -0.4 is 0 Å². The van der Waals surface area contributed by atoms with Gasteiger partial charge in [0.25, 0.3) is 0 Å². The molecule has 1 fully saturated rings. The first kappa shape index (κ1) is 11.9. The highest BCUT2D eigenvalue weighted by Crippen LogP contribution is 2.24. The van der Waals surface area contributed by atoms with E-state index >= 15 is 0 Å². The van der Waals surface area contributed by atoms with Gasteiger partial charge in [0.1, 0.15) is 0 Å². The van der Waals surface area contributed by atoms with Crippen LogP contribution in [0.15, 0.2) is 0 Å². The summed E-state index contributed by atoms with van der Waals surface area (Å²) in [5.74, 6) is 0.206. The Balaban J connectivity index is 2.79.